The number of carbonyl (C=O) groups is 1. The Morgan fingerprint density at radius 2 is 1.67 bits per heavy atom. The summed E-state index contributed by atoms with van der Waals surface area (Å²) in [5.41, 5.74) is 0.398. The topological polar surface area (TPSA) is 115 Å². The molecule has 2 aromatic carbocycles. The first-order chi connectivity index (χ1) is 24.9. The number of hydrogen-bond acceptors (Lipinski definition) is 9. The van der Waals surface area contributed by atoms with E-state index in [1.54, 1.807) is 18.3 Å². The predicted octanol–water partition coefficient (Wildman–Crippen LogP) is 5.83. The molecule has 0 amide bonds. The van der Waals surface area contributed by atoms with Crippen LogP contribution in [0.25, 0.3) is 27.6 Å². The minimum Gasteiger partial charge on any atom is -0.378 e. The van der Waals surface area contributed by atoms with Crippen LogP contribution in [-0.4, -0.2) is 76.0 Å². The Labute approximate surface area is 300 Å². The van der Waals surface area contributed by atoms with Crippen molar-refractivity contribution in [1.29, 1.82) is 0 Å². The van der Waals surface area contributed by atoms with Gasteiger partial charge in [-0.1, -0.05) is 34.6 Å². The van der Waals surface area contributed by atoms with Crippen LogP contribution in [0.3, 0.4) is 0 Å². The Hall–Kier alpha value is -5.27. The van der Waals surface area contributed by atoms with Crippen LogP contribution >= 0.6 is 0 Å². The third kappa shape index (κ3) is 7.10. The summed E-state index contributed by atoms with van der Waals surface area (Å²) in [4.78, 5) is 48.7. The fourth-order valence-electron chi connectivity index (χ4n) is 6.49. The van der Waals surface area contributed by atoms with E-state index in [0.717, 1.165) is 61.9 Å². The summed E-state index contributed by atoms with van der Waals surface area (Å²) in [6.45, 7) is 15.0. The maximum Gasteiger partial charge on any atom is 0.282 e. The molecule has 0 atom stereocenters. The fourth-order valence-corrected chi connectivity index (χ4v) is 6.49. The Morgan fingerprint density at radius 3 is 2.29 bits per heavy atom. The lowest BCUT2D eigenvalue weighted by Crippen LogP contribution is -2.56. The normalized spacial score (nSPS) is 15.2. The van der Waals surface area contributed by atoms with Gasteiger partial charge in [-0.2, -0.15) is 9.78 Å². The van der Waals surface area contributed by atoms with Crippen molar-refractivity contribution < 1.29 is 18.3 Å². The van der Waals surface area contributed by atoms with E-state index in [1.165, 1.54) is 36.1 Å². The number of halogens is 2. The van der Waals surface area contributed by atoms with Crippen LogP contribution in [0.4, 0.5) is 26.0 Å². The highest BCUT2D eigenvalue weighted by Crippen LogP contribution is 2.31. The summed E-state index contributed by atoms with van der Waals surface area (Å²) in [5.74, 6) is -1.08. The van der Waals surface area contributed by atoms with E-state index in [1.807, 2.05) is 40.7 Å². The van der Waals surface area contributed by atoms with Crippen molar-refractivity contribution in [2.75, 3.05) is 49.6 Å². The molecule has 3 aromatic heterocycles. The van der Waals surface area contributed by atoms with Crippen LogP contribution in [0.2, 0.25) is 0 Å². The number of carbonyl (C=O) groups excluding carboxylic acids is 1. The van der Waals surface area contributed by atoms with Crippen molar-refractivity contribution in [3.8, 4) is 16.8 Å². The molecule has 0 aliphatic carbocycles. The predicted molar refractivity (Wildman–Crippen MR) is 199 cm³/mol. The van der Waals surface area contributed by atoms with Gasteiger partial charge in [0.1, 0.15) is 23.1 Å². The molecular weight excluding hydrogens is 668 g/mol. The van der Waals surface area contributed by atoms with Crippen LogP contribution in [0.5, 0.6) is 0 Å². The molecule has 2 aliphatic rings. The average Bonchev–Trinajstić information content (AvgIpc) is 3.10. The van der Waals surface area contributed by atoms with Crippen molar-refractivity contribution in [3.05, 3.63) is 105 Å². The highest BCUT2D eigenvalue weighted by Gasteiger charge is 2.29. The van der Waals surface area contributed by atoms with Crippen LogP contribution in [0.15, 0.2) is 70.6 Å². The maximum atomic E-state index is 15.4. The summed E-state index contributed by atoms with van der Waals surface area (Å²) in [6, 6.07) is 10.9. The van der Waals surface area contributed by atoms with Gasteiger partial charge in [-0.15, -0.1) is 0 Å². The van der Waals surface area contributed by atoms with Crippen LogP contribution in [0.1, 0.15) is 50.5 Å². The summed E-state index contributed by atoms with van der Waals surface area (Å²) >= 11 is 0. The average molecular weight is 712 g/mol. The van der Waals surface area contributed by atoms with Crippen molar-refractivity contribution in [2.45, 2.75) is 46.1 Å². The van der Waals surface area contributed by atoms with Gasteiger partial charge in [0.2, 0.25) is 0 Å². The Kier molecular flexibility index (Phi) is 10.4. The number of nitrogens with one attached hydrogen (secondary N) is 1. The van der Waals surface area contributed by atoms with E-state index in [9.17, 15) is 14.4 Å². The Balaban J connectivity index is 0.00000228. The molecule has 0 bridgehead atoms. The molecule has 2 aliphatic heterocycles. The van der Waals surface area contributed by atoms with Crippen molar-refractivity contribution in [2.24, 2.45) is 7.05 Å². The standard InChI is InChI=1S/C37H37F2N7O4.C2H6/c1-37(2,3)24-11-22-16-41-46(36(49)34(22)30(39)13-24)32-15-25(38)14-28(29(32)19-47)23-12-31(35(48)43(4)18-23)42-33-6-5-26(17-40-33)44-7-9-45(10-8-44)27-20-50-21-27;1-2/h5-6,11-19,27H,7-10,20-21H2,1-4H3,(H,40,42);1-2H3. The molecule has 11 nitrogen and oxygen atoms in total. The Morgan fingerprint density at radius 1 is 0.942 bits per heavy atom. The molecule has 272 valence electrons. The lowest BCUT2D eigenvalue weighted by molar-refractivity contribution is -0.0660. The molecule has 2 fully saturated rings. The number of aryl methyl sites for hydroxylation is 1. The molecule has 13 heteroatoms. The van der Waals surface area contributed by atoms with Crippen LogP contribution in [0, 0.1) is 11.6 Å². The molecule has 0 saturated carbocycles. The number of aldehydes is 1. The lowest BCUT2D eigenvalue weighted by atomic mass is 9.86. The van der Waals surface area contributed by atoms with Crippen molar-refractivity contribution in [1.82, 2.24) is 24.2 Å². The van der Waals surface area contributed by atoms with E-state index < -0.39 is 17.2 Å². The summed E-state index contributed by atoms with van der Waals surface area (Å²) in [7, 11) is 1.54. The van der Waals surface area contributed by atoms with Crippen molar-refractivity contribution in [3.63, 3.8) is 0 Å². The number of aromatic nitrogens is 4. The number of anilines is 3. The maximum absolute atomic E-state index is 15.4. The first-order valence-electron chi connectivity index (χ1n) is 17.4. The lowest BCUT2D eigenvalue weighted by Gasteiger charge is -2.43. The Bertz CT molecular complexity index is 2230. The molecule has 0 radical (unpaired) electrons. The van der Waals surface area contributed by atoms with Gasteiger partial charge in [-0.05, 0) is 52.9 Å². The largest absolute Gasteiger partial charge is 0.378 e. The molecule has 0 unspecified atom stereocenters. The van der Waals surface area contributed by atoms with Gasteiger partial charge in [-0.3, -0.25) is 19.3 Å². The van der Waals surface area contributed by atoms with Crippen LogP contribution < -0.4 is 21.3 Å². The minimum atomic E-state index is -0.840. The fraction of sp³-hybridized carbons (Fsp3) is 0.359. The third-order valence-corrected chi connectivity index (χ3v) is 9.50. The zero-order valence-corrected chi connectivity index (χ0v) is 30.2. The number of fused-ring (bicyclic) bond motifs is 1. The molecule has 2 saturated heterocycles. The number of nitrogens with zero attached hydrogens (tertiary/aromatic N) is 6. The molecular formula is C39H43F2N7O4. The summed E-state index contributed by atoms with van der Waals surface area (Å²) in [6.07, 6.45) is 5.03. The second-order valence-electron chi connectivity index (χ2n) is 13.8. The molecule has 52 heavy (non-hydrogen) atoms. The van der Waals surface area contributed by atoms with E-state index in [-0.39, 0.29) is 44.2 Å². The summed E-state index contributed by atoms with van der Waals surface area (Å²) < 4.78 is 38.1. The van der Waals surface area contributed by atoms with Crippen LogP contribution in [-0.2, 0) is 17.2 Å². The zero-order chi connectivity index (χ0) is 37.3. The molecule has 7 rings (SSSR count). The van der Waals surface area contributed by atoms with E-state index in [0.29, 0.717) is 29.3 Å². The van der Waals surface area contributed by atoms with Gasteiger partial charge in [0.25, 0.3) is 11.1 Å². The first-order valence-corrected chi connectivity index (χ1v) is 17.4. The first kappa shape index (κ1) is 36.5. The van der Waals surface area contributed by atoms with Gasteiger partial charge in [0, 0.05) is 62.0 Å². The van der Waals surface area contributed by atoms with Gasteiger partial charge < -0.3 is 19.5 Å². The molecule has 5 heterocycles. The SMILES string of the molecule is CC.Cn1cc(-c2cc(F)cc(-n3ncc4cc(C(C)(C)C)cc(F)c4c3=O)c2C=O)cc(Nc2ccc(N3CCN(C4COC4)CC3)cn2)c1=O. The van der Waals surface area contributed by atoms with Gasteiger partial charge in [0.15, 0.2) is 6.29 Å². The van der Waals surface area contributed by atoms with Gasteiger partial charge in [-0.25, -0.2) is 13.8 Å². The second-order valence-corrected chi connectivity index (χ2v) is 13.8. The number of hydrogen-bond donors (Lipinski definition) is 1. The molecule has 1 N–H and O–H groups in total. The third-order valence-electron chi connectivity index (χ3n) is 9.50. The smallest absolute Gasteiger partial charge is 0.282 e. The quantitative estimate of drug-likeness (QED) is 0.209. The molecule has 5 aromatic rings. The monoisotopic (exact) mass is 711 g/mol. The van der Waals surface area contributed by atoms with E-state index in [4.69, 9.17) is 4.74 Å². The minimum absolute atomic E-state index is 0.0657. The highest BCUT2D eigenvalue weighted by atomic mass is 19.1. The number of piperazine rings is 1. The highest BCUT2D eigenvalue weighted by molar-refractivity contribution is 5.93. The number of rotatable bonds is 7. The number of ether oxygens (including phenoxy) is 1. The summed E-state index contributed by atoms with van der Waals surface area (Å²) in [5, 5.41) is 7.34. The van der Waals surface area contributed by atoms with Gasteiger partial charge >= 0.3 is 0 Å². The number of pyridine rings is 2. The zero-order valence-electron chi connectivity index (χ0n) is 30.2. The van der Waals surface area contributed by atoms with E-state index >= 15 is 8.78 Å². The van der Waals surface area contributed by atoms with E-state index in [2.05, 4.69) is 25.2 Å². The number of benzene rings is 2. The van der Waals surface area contributed by atoms with Gasteiger partial charge in [0.05, 0.1) is 48.4 Å². The second kappa shape index (κ2) is 14.8. The molecule has 0 spiro atoms. The van der Waals surface area contributed by atoms with Crippen molar-refractivity contribution >= 4 is 34.3 Å².